The Morgan fingerprint density at radius 1 is 1.45 bits per heavy atom. The lowest BCUT2D eigenvalue weighted by atomic mass is 10.1. The average Bonchev–Trinajstić information content (AvgIpc) is 2.97. The number of rotatable bonds is 6. The zero-order valence-electron chi connectivity index (χ0n) is 12.3. The van der Waals surface area contributed by atoms with Crippen LogP contribution in [0.1, 0.15) is 68.0 Å². The van der Waals surface area contributed by atoms with E-state index in [4.69, 9.17) is 4.98 Å². The first-order chi connectivity index (χ1) is 9.70. The Balaban J connectivity index is 1.92. The summed E-state index contributed by atoms with van der Waals surface area (Å²) in [4.78, 5) is 9.17. The van der Waals surface area contributed by atoms with Gasteiger partial charge in [0, 0.05) is 11.4 Å². The third kappa shape index (κ3) is 2.65. The second-order valence-electron chi connectivity index (χ2n) is 5.71. The lowest BCUT2D eigenvalue weighted by molar-refractivity contribution is 0.565. The molecule has 1 N–H and O–H groups in total. The van der Waals surface area contributed by atoms with Crippen LogP contribution in [0.5, 0.6) is 0 Å². The number of thiazole rings is 1. The number of nitrogens with one attached hydrogen (secondary N) is 1. The first-order valence-corrected chi connectivity index (χ1v) is 8.29. The molecule has 5 heteroatoms. The lowest BCUT2D eigenvalue weighted by Gasteiger charge is -2.17. The maximum Gasteiger partial charge on any atom is 0.116 e. The summed E-state index contributed by atoms with van der Waals surface area (Å²) in [6, 6.07) is 0.818. The Kier molecular flexibility index (Phi) is 3.89. The molecular weight excluding hydrogens is 268 g/mol. The first kappa shape index (κ1) is 13.8. The van der Waals surface area contributed by atoms with E-state index in [-0.39, 0.29) is 6.04 Å². The fourth-order valence-electron chi connectivity index (χ4n) is 2.42. The van der Waals surface area contributed by atoms with Gasteiger partial charge in [0.1, 0.15) is 11.0 Å². The summed E-state index contributed by atoms with van der Waals surface area (Å²) in [6.45, 7) is 7.45. The van der Waals surface area contributed by atoms with E-state index >= 15 is 0 Å². The molecule has 1 atom stereocenters. The van der Waals surface area contributed by atoms with Gasteiger partial charge in [-0.15, -0.1) is 11.3 Å². The van der Waals surface area contributed by atoms with E-state index in [0.717, 1.165) is 11.6 Å². The highest BCUT2D eigenvalue weighted by molar-refractivity contribution is 7.09. The van der Waals surface area contributed by atoms with Gasteiger partial charge in [-0.1, -0.05) is 20.8 Å². The van der Waals surface area contributed by atoms with Crippen LogP contribution in [0.3, 0.4) is 0 Å². The van der Waals surface area contributed by atoms with Crippen LogP contribution < -0.4 is 5.32 Å². The van der Waals surface area contributed by atoms with E-state index in [1.54, 1.807) is 11.3 Å². The third-order valence-corrected chi connectivity index (χ3v) is 4.65. The van der Waals surface area contributed by atoms with Crippen LogP contribution in [0.4, 0.5) is 0 Å². The van der Waals surface area contributed by atoms with Crippen molar-refractivity contribution in [3.63, 3.8) is 0 Å². The molecule has 3 rings (SSSR count). The summed E-state index contributed by atoms with van der Waals surface area (Å²) in [6.07, 6.45) is 6.50. The molecule has 0 bridgehead atoms. The molecule has 0 radical (unpaired) electrons. The highest BCUT2D eigenvalue weighted by Gasteiger charge is 2.29. The maximum absolute atomic E-state index is 4.82. The predicted molar refractivity (Wildman–Crippen MR) is 82.2 cm³/mol. The van der Waals surface area contributed by atoms with Crippen molar-refractivity contribution in [2.45, 2.75) is 51.6 Å². The van der Waals surface area contributed by atoms with Crippen LogP contribution in [0.2, 0.25) is 0 Å². The van der Waals surface area contributed by atoms with E-state index < -0.39 is 0 Å². The Morgan fingerprint density at radius 2 is 2.25 bits per heavy atom. The van der Waals surface area contributed by atoms with Crippen molar-refractivity contribution in [1.29, 1.82) is 0 Å². The van der Waals surface area contributed by atoms with Crippen molar-refractivity contribution in [2.75, 3.05) is 6.54 Å². The van der Waals surface area contributed by atoms with Crippen LogP contribution in [0, 0.1) is 0 Å². The highest BCUT2D eigenvalue weighted by atomic mass is 32.1. The van der Waals surface area contributed by atoms with Crippen molar-refractivity contribution in [3.05, 3.63) is 34.3 Å². The van der Waals surface area contributed by atoms with Crippen LogP contribution >= 0.6 is 11.3 Å². The van der Waals surface area contributed by atoms with E-state index in [1.807, 2.05) is 12.5 Å². The van der Waals surface area contributed by atoms with Crippen LogP contribution in [0.25, 0.3) is 0 Å². The smallest absolute Gasteiger partial charge is 0.116 e. The molecule has 2 aromatic rings. The van der Waals surface area contributed by atoms with Crippen molar-refractivity contribution in [1.82, 2.24) is 19.9 Å². The monoisotopic (exact) mass is 290 g/mol. The van der Waals surface area contributed by atoms with E-state index in [0.29, 0.717) is 12.0 Å². The molecule has 0 aromatic carbocycles. The van der Waals surface area contributed by atoms with Crippen molar-refractivity contribution in [2.24, 2.45) is 0 Å². The van der Waals surface area contributed by atoms with Gasteiger partial charge in [-0.2, -0.15) is 0 Å². The van der Waals surface area contributed by atoms with Gasteiger partial charge >= 0.3 is 0 Å². The third-order valence-electron chi connectivity index (χ3n) is 3.72. The summed E-state index contributed by atoms with van der Waals surface area (Å²) in [7, 11) is 0. The number of aromatic nitrogens is 3. The molecule has 1 saturated carbocycles. The van der Waals surface area contributed by atoms with Crippen LogP contribution in [-0.2, 0) is 0 Å². The fourth-order valence-corrected chi connectivity index (χ4v) is 3.48. The molecule has 2 heterocycles. The standard InChI is InChI=1S/C15H22N4S/c1-4-17-14(15-18-12(8-20-15)10(2)3)13-7-16-9-19(13)11-5-6-11/h7-11,14,17H,4-6H2,1-3H3. The molecule has 0 aliphatic heterocycles. The van der Waals surface area contributed by atoms with E-state index in [2.05, 4.69) is 41.0 Å². The summed E-state index contributed by atoms with van der Waals surface area (Å²) in [5, 5.41) is 6.90. The highest BCUT2D eigenvalue weighted by Crippen LogP contribution is 2.38. The zero-order chi connectivity index (χ0) is 14.1. The molecule has 0 amide bonds. The first-order valence-electron chi connectivity index (χ1n) is 7.41. The molecule has 1 aliphatic carbocycles. The van der Waals surface area contributed by atoms with Crippen molar-refractivity contribution < 1.29 is 0 Å². The van der Waals surface area contributed by atoms with Crippen LogP contribution in [-0.4, -0.2) is 21.1 Å². The topological polar surface area (TPSA) is 42.7 Å². The SMILES string of the molecule is CCNC(c1nc(C(C)C)cs1)c1cncn1C1CC1. The van der Waals surface area contributed by atoms with Gasteiger partial charge in [0.15, 0.2) is 0 Å². The minimum Gasteiger partial charge on any atom is -0.330 e. The van der Waals surface area contributed by atoms with E-state index in [9.17, 15) is 0 Å². The lowest BCUT2D eigenvalue weighted by Crippen LogP contribution is -2.24. The van der Waals surface area contributed by atoms with Crippen molar-refractivity contribution >= 4 is 11.3 Å². The van der Waals surface area contributed by atoms with Gasteiger partial charge in [-0.3, -0.25) is 0 Å². The Hall–Kier alpha value is -1.20. The quantitative estimate of drug-likeness (QED) is 0.885. The van der Waals surface area contributed by atoms with Crippen molar-refractivity contribution in [3.8, 4) is 0 Å². The minimum atomic E-state index is 0.167. The van der Waals surface area contributed by atoms with Gasteiger partial charge in [-0.05, 0) is 25.3 Å². The summed E-state index contributed by atoms with van der Waals surface area (Å²) >= 11 is 1.75. The normalized spacial score (nSPS) is 16.8. The Bertz CT molecular complexity index is 568. The molecule has 1 aliphatic rings. The average molecular weight is 290 g/mol. The molecule has 4 nitrogen and oxygen atoms in total. The van der Waals surface area contributed by atoms with Gasteiger partial charge < -0.3 is 9.88 Å². The molecule has 0 saturated heterocycles. The molecule has 2 aromatic heterocycles. The number of imidazole rings is 1. The number of nitrogens with zero attached hydrogens (tertiary/aromatic N) is 3. The van der Waals surface area contributed by atoms with Gasteiger partial charge in [0.2, 0.25) is 0 Å². The Labute approximate surface area is 124 Å². The summed E-state index contributed by atoms with van der Waals surface area (Å²) in [5.41, 5.74) is 2.43. The fraction of sp³-hybridized carbons (Fsp3) is 0.600. The molecular formula is C15H22N4S. The second-order valence-corrected chi connectivity index (χ2v) is 6.60. The second kappa shape index (κ2) is 5.66. The number of hydrogen-bond acceptors (Lipinski definition) is 4. The van der Waals surface area contributed by atoms with Crippen LogP contribution in [0.15, 0.2) is 17.9 Å². The number of hydrogen-bond donors (Lipinski definition) is 1. The Morgan fingerprint density at radius 3 is 2.85 bits per heavy atom. The largest absolute Gasteiger partial charge is 0.330 e. The van der Waals surface area contributed by atoms with Gasteiger partial charge in [0.25, 0.3) is 0 Å². The molecule has 1 fully saturated rings. The zero-order valence-corrected chi connectivity index (χ0v) is 13.2. The molecule has 1 unspecified atom stereocenters. The molecule has 0 spiro atoms. The van der Waals surface area contributed by atoms with E-state index in [1.165, 1.54) is 24.2 Å². The van der Waals surface area contributed by atoms with Gasteiger partial charge in [0.05, 0.1) is 23.9 Å². The summed E-state index contributed by atoms with van der Waals surface area (Å²) < 4.78 is 2.32. The van der Waals surface area contributed by atoms with Gasteiger partial charge in [-0.25, -0.2) is 9.97 Å². The summed E-state index contributed by atoms with van der Waals surface area (Å²) in [5.74, 6) is 0.482. The molecule has 20 heavy (non-hydrogen) atoms. The predicted octanol–water partition coefficient (Wildman–Crippen LogP) is 3.50. The molecule has 108 valence electrons. The maximum atomic E-state index is 4.82. The minimum absolute atomic E-state index is 0.167.